The molecule has 0 saturated heterocycles. The molecule has 2 nitrogen and oxygen atoms in total. The van der Waals surface area contributed by atoms with Crippen molar-refractivity contribution < 1.29 is 9.90 Å². The van der Waals surface area contributed by atoms with Crippen LogP contribution in [0.4, 0.5) is 0 Å². The molecule has 0 radical (unpaired) electrons. The number of rotatable bonds is 2. The van der Waals surface area contributed by atoms with Gasteiger partial charge < -0.3 is 5.11 Å². The lowest BCUT2D eigenvalue weighted by Gasteiger charge is -2.06. The van der Waals surface area contributed by atoms with Gasteiger partial charge in [-0.25, -0.2) is 4.79 Å². The maximum atomic E-state index is 11.3. The second kappa shape index (κ2) is 4.15. The Morgan fingerprint density at radius 2 is 1.82 bits per heavy atom. The van der Waals surface area contributed by atoms with Crippen LogP contribution in [-0.4, -0.2) is 11.1 Å². The Morgan fingerprint density at radius 1 is 1.24 bits per heavy atom. The highest BCUT2D eigenvalue weighted by atomic mass is 32.1. The topological polar surface area (TPSA) is 37.3 Å². The third-order valence-electron chi connectivity index (χ3n) is 3.11. The largest absolute Gasteiger partial charge is 0.477 e. The van der Waals surface area contributed by atoms with E-state index in [0.717, 1.165) is 15.6 Å². The molecule has 0 spiro atoms. The molecule has 0 aliphatic heterocycles. The molecular formula is C14H16O2S. The van der Waals surface area contributed by atoms with Crippen molar-refractivity contribution in [2.75, 3.05) is 0 Å². The molecule has 0 unspecified atom stereocenters. The van der Waals surface area contributed by atoms with Crippen molar-refractivity contribution in [3.63, 3.8) is 0 Å². The second-order valence-electron chi connectivity index (χ2n) is 4.74. The van der Waals surface area contributed by atoms with E-state index in [0.29, 0.717) is 4.88 Å². The number of aryl methyl sites for hydroxylation is 2. The molecule has 1 aromatic carbocycles. The van der Waals surface area contributed by atoms with E-state index in [1.807, 2.05) is 13.8 Å². The maximum Gasteiger partial charge on any atom is 0.346 e. The third kappa shape index (κ3) is 1.95. The van der Waals surface area contributed by atoms with Crippen molar-refractivity contribution in [3.8, 4) is 0 Å². The molecule has 3 heteroatoms. The van der Waals surface area contributed by atoms with Crippen molar-refractivity contribution in [2.24, 2.45) is 0 Å². The van der Waals surface area contributed by atoms with Crippen molar-refractivity contribution in [2.45, 2.75) is 33.6 Å². The average Bonchev–Trinajstić information content (AvgIpc) is 2.57. The quantitative estimate of drug-likeness (QED) is 0.858. The fourth-order valence-corrected chi connectivity index (χ4v) is 3.38. The number of aromatic carboxylic acids is 1. The number of fused-ring (bicyclic) bond motifs is 1. The first-order valence-corrected chi connectivity index (χ1v) is 6.50. The Balaban J connectivity index is 2.85. The lowest BCUT2D eigenvalue weighted by Crippen LogP contribution is -1.99. The average molecular weight is 248 g/mol. The number of carboxylic acids is 1. The molecule has 90 valence electrons. The molecule has 0 aliphatic carbocycles. The minimum absolute atomic E-state index is 0.233. The molecule has 1 aromatic heterocycles. The van der Waals surface area contributed by atoms with E-state index >= 15 is 0 Å². The van der Waals surface area contributed by atoms with E-state index in [4.69, 9.17) is 0 Å². The van der Waals surface area contributed by atoms with Crippen molar-refractivity contribution in [1.29, 1.82) is 0 Å². The van der Waals surface area contributed by atoms with Crippen molar-refractivity contribution in [3.05, 3.63) is 33.7 Å². The summed E-state index contributed by atoms with van der Waals surface area (Å²) in [5, 5.41) is 10.4. The van der Waals surface area contributed by atoms with Crippen molar-refractivity contribution in [1.82, 2.24) is 0 Å². The van der Waals surface area contributed by atoms with Crippen LogP contribution in [0.15, 0.2) is 12.1 Å². The van der Waals surface area contributed by atoms with Gasteiger partial charge in [-0.3, -0.25) is 0 Å². The monoisotopic (exact) mass is 248 g/mol. The molecule has 0 bridgehead atoms. The minimum atomic E-state index is -0.815. The van der Waals surface area contributed by atoms with Crippen LogP contribution < -0.4 is 0 Å². The van der Waals surface area contributed by atoms with Gasteiger partial charge in [-0.15, -0.1) is 11.3 Å². The summed E-state index contributed by atoms with van der Waals surface area (Å²) in [5.41, 5.74) is 3.40. The molecule has 2 rings (SSSR count). The zero-order valence-electron chi connectivity index (χ0n) is 10.5. The Kier molecular flexibility index (Phi) is 2.96. The first-order chi connectivity index (χ1) is 7.91. The standard InChI is InChI=1S/C14H16O2S/c1-7(2)12-10-5-8(3)9(4)6-11(10)17-13(12)14(15)16/h5-7H,1-4H3,(H,15,16). The van der Waals surface area contributed by atoms with Gasteiger partial charge in [-0.1, -0.05) is 19.9 Å². The Hall–Kier alpha value is -1.35. The fourth-order valence-electron chi connectivity index (χ4n) is 2.10. The number of thiophene rings is 1. The first kappa shape index (κ1) is 12.1. The van der Waals surface area contributed by atoms with Gasteiger partial charge in [0.1, 0.15) is 4.88 Å². The summed E-state index contributed by atoms with van der Waals surface area (Å²) in [6.07, 6.45) is 0. The van der Waals surface area contributed by atoms with Crippen LogP contribution in [0, 0.1) is 13.8 Å². The Bertz CT molecular complexity index is 594. The Morgan fingerprint density at radius 3 is 2.35 bits per heavy atom. The first-order valence-electron chi connectivity index (χ1n) is 5.68. The fraction of sp³-hybridized carbons (Fsp3) is 0.357. The zero-order valence-corrected chi connectivity index (χ0v) is 11.3. The van der Waals surface area contributed by atoms with Gasteiger partial charge in [0.2, 0.25) is 0 Å². The highest BCUT2D eigenvalue weighted by Gasteiger charge is 2.20. The minimum Gasteiger partial charge on any atom is -0.477 e. The van der Waals surface area contributed by atoms with Crippen LogP contribution in [0.1, 0.15) is 46.1 Å². The van der Waals surface area contributed by atoms with Crippen LogP contribution in [-0.2, 0) is 0 Å². The van der Waals surface area contributed by atoms with E-state index < -0.39 is 5.97 Å². The summed E-state index contributed by atoms with van der Waals surface area (Å²) >= 11 is 1.38. The molecule has 0 amide bonds. The summed E-state index contributed by atoms with van der Waals surface area (Å²) in [6, 6.07) is 4.20. The highest BCUT2D eigenvalue weighted by molar-refractivity contribution is 7.21. The van der Waals surface area contributed by atoms with Gasteiger partial charge in [0, 0.05) is 4.70 Å². The number of hydrogen-bond acceptors (Lipinski definition) is 2. The van der Waals surface area contributed by atoms with Gasteiger partial charge in [0.25, 0.3) is 0 Å². The van der Waals surface area contributed by atoms with Crippen LogP contribution >= 0.6 is 11.3 Å². The van der Waals surface area contributed by atoms with E-state index in [1.165, 1.54) is 22.5 Å². The predicted molar refractivity (Wildman–Crippen MR) is 72.3 cm³/mol. The van der Waals surface area contributed by atoms with Crippen molar-refractivity contribution >= 4 is 27.4 Å². The molecule has 2 aromatic rings. The van der Waals surface area contributed by atoms with Crippen LogP contribution in [0.2, 0.25) is 0 Å². The molecule has 0 saturated carbocycles. The number of hydrogen-bond donors (Lipinski definition) is 1. The smallest absolute Gasteiger partial charge is 0.346 e. The van der Waals surface area contributed by atoms with Gasteiger partial charge in [-0.05, 0) is 47.9 Å². The lowest BCUT2D eigenvalue weighted by atomic mass is 9.97. The molecular weight excluding hydrogens is 232 g/mol. The molecule has 1 N–H and O–H groups in total. The van der Waals surface area contributed by atoms with Crippen LogP contribution in [0.25, 0.3) is 10.1 Å². The summed E-state index contributed by atoms with van der Waals surface area (Å²) in [7, 11) is 0. The van der Waals surface area contributed by atoms with Crippen LogP contribution in [0.5, 0.6) is 0 Å². The number of carbonyl (C=O) groups is 1. The molecule has 17 heavy (non-hydrogen) atoms. The molecule has 0 aliphatic rings. The normalized spacial score (nSPS) is 11.4. The van der Waals surface area contributed by atoms with E-state index in [2.05, 4.69) is 26.0 Å². The number of carboxylic acid groups (broad SMARTS) is 1. The Labute approximate surface area is 105 Å². The van der Waals surface area contributed by atoms with Gasteiger partial charge in [-0.2, -0.15) is 0 Å². The highest BCUT2D eigenvalue weighted by Crippen LogP contribution is 2.37. The van der Waals surface area contributed by atoms with Gasteiger partial charge in [0.05, 0.1) is 0 Å². The maximum absolute atomic E-state index is 11.3. The lowest BCUT2D eigenvalue weighted by molar-refractivity contribution is 0.0701. The summed E-state index contributed by atoms with van der Waals surface area (Å²) in [4.78, 5) is 11.8. The molecule has 1 heterocycles. The summed E-state index contributed by atoms with van der Waals surface area (Å²) in [5.74, 6) is -0.581. The van der Waals surface area contributed by atoms with E-state index in [1.54, 1.807) is 0 Å². The zero-order chi connectivity index (χ0) is 12.7. The third-order valence-corrected chi connectivity index (χ3v) is 4.27. The number of benzene rings is 1. The summed E-state index contributed by atoms with van der Waals surface area (Å²) < 4.78 is 1.08. The van der Waals surface area contributed by atoms with E-state index in [-0.39, 0.29) is 5.92 Å². The molecule has 0 atom stereocenters. The van der Waals surface area contributed by atoms with Gasteiger partial charge in [0.15, 0.2) is 0 Å². The second-order valence-corrected chi connectivity index (χ2v) is 5.79. The summed E-state index contributed by atoms with van der Waals surface area (Å²) in [6.45, 7) is 8.22. The molecule has 0 fully saturated rings. The SMILES string of the molecule is Cc1cc2sc(C(=O)O)c(C(C)C)c2cc1C. The van der Waals surface area contributed by atoms with Gasteiger partial charge >= 0.3 is 5.97 Å². The van der Waals surface area contributed by atoms with E-state index in [9.17, 15) is 9.90 Å². The predicted octanol–water partition coefficient (Wildman–Crippen LogP) is 4.34. The van der Waals surface area contributed by atoms with Crippen LogP contribution in [0.3, 0.4) is 0 Å².